The number of likely N-dealkylation sites (tertiary alicyclic amines) is 1. The van der Waals surface area contributed by atoms with Crippen LogP contribution in [0.25, 0.3) is 0 Å². The first kappa shape index (κ1) is 14.3. The highest BCUT2D eigenvalue weighted by Gasteiger charge is 2.46. The van der Waals surface area contributed by atoms with Gasteiger partial charge in [0.1, 0.15) is 0 Å². The molecule has 1 heterocycles. The highest BCUT2D eigenvalue weighted by Crippen LogP contribution is 2.36. The maximum absolute atomic E-state index is 13.6. The molecule has 3 N–H and O–H groups in total. The lowest BCUT2D eigenvalue weighted by Crippen LogP contribution is -2.57. The van der Waals surface area contributed by atoms with E-state index in [-0.39, 0.29) is 18.5 Å². The molecule has 0 bridgehead atoms. The van der Waals surface area contributed by atoms with Crippen molar-refractivity contribution in [2.24, 2.45) is 17.2 Å². The van der Waals surface area contributed by atoms with Crippen molar-refractivity contribution in [2.45, 2.75) is 39.7 Å². The average Bonchev–Trinajstić information content (AvgIpc) is 2.27. The van der Waals surface area contributed by atoms with E-state index >= 15 is 0 Å². The number of amides is 1. The van der Waals surface area contributed by atoms with Crippen LogP contribution < -0.4 is 11.3 Å². The number of halogens is 2. The minimum absolute atomic E-state index is 0.123. The predicted molar refractivity (Wildman–Crippen MR) is 61.0 cm³/mol. The van der Waals surface area contributed by atoms with Gasteiger partial charge < -0.3 is 0 Å². The molecule has 1 amide bonds. The fourth-order valence-electron chi connectivity index (χ4n) is 2.26. The van der Waals surface area contributed by atoms with Crippen LogP contribution in [0.15, 0.2) is 0 Å². The number of piperidine rings is 1. The van der Waals surface area contributed by atoms with Crippen LogP contribution in [0, 0.1) is 11.3 Å². The molecule has 0 spiro atoms. The Morgan fingerprint density at radius 1 is 1.29 bits per heavy atom. The fourth-order valence-corrected chi connectivity index (χ4v) is 2.26. The Labute approximate surface area is 100 Å². The van der Waals surface area contributed by atoms with Crippen LogP contribution in [0.4, 0.5) is 8.78 Å². The molecular formula is C11H21F2N3O. The van der Waals surface area contributed by atoms with Gasteiger partial charge in [-0.1, -0.05) is 20.8 Å². The average molecular weight is 249 g/mol. The highest BCUT2D eigenvalue weighted by molar-refractivity contribution is 5.82. The van der Waals surface area contributed by atoms with Crippen molar-refractivity contribution < 1.29 is 13.6 Å². The third-order valence-electron chi connectivity index (χ3n) is 3.52. The van der Waals surface area contributed by atoms with E-state index in [1.165, 1.54) is 5.43 Å². The Kier molecular flexibility index (Phi) is 4.09. The first-order valence-electron chi connectivity index (χ1n) is 5.83. The van der Waals surface area contributed by atoms with Gasteiger partial charge in [-0.15, -0.1) is 0 Å². The van der Waals surface area contributed by atoms with Gasteiger partial charge in [0.2, 0.25) is 0 Å². The summed E-state index contributed by atoms with van der Waals surface area (Å²) in [7, 11) is 0. The number of nitrogens with one attached hydrogen (secondary N) is 1. The summed E-state index contributed by atoms with van der Waals surface area (Å²) in [5.74, 6) is 3.73. The Morgan fingerprint density at radius 2 is 1.76 bits per heavy atom. The Hall–Kier alpha value is -0.750. The summed E-state index contributed by atoms with van der Waals surface area (Å²) in [4.78, 5) is 11.9. The van der Waals surface area contributed by atoms with Crippen molar-refractivity contribution in [1.82, 2.24) is 10.3 Å². The molecule has 0 radical (unpaired) electrons. The number of carbonyl (C=O) groups excluding carboxylic acids is 1. The van der Waals surface area contributed by atoms with Crippen molar-refractivity contribution in [1.29, 1.82) is 0 Å². The zero-order valence-electron chi connectivity index (χ0n) is 10.6. The molecule has 4 nitrogen and oxygen atoms in total. The zero-order valence-corrected chi connectivity index (χ0v) is 10.6. The number of hydrogen-bond donors (Lipinski definition) is 2. The third kappa shape index (κ3) is 3.13. The molecule has 100 valence electrons. The second-order valence-electron chi connectivity index (χ2n) is 5.64. The number of nitrogens with two attached hydrogens (primary N) is 1. The summed E-state index contributed by atoms with van der Waals surface area (Å²) in [6.45, 7) is 6.78. The van der Waals surface area contributed by atoms with E-state index in [1.54, 1.807) is 0 Å². The molecule has 1 saturated heterocycles. The molecule has 0 atom stereocenters. The van der Waals surface area contributed by atoms with Gasteiger partial charge in [0.25, 0.3) is 0 Å². The van der Waals surface area contributed by atoms with Crippen molar-refractivity contribution in [2.75, 3.05) is 13.1 Å². The minimum atomic E-state index is -3.50. The predicted octanol–water partition coefficient (Wildman–Crippen LogP) is 1.33. The number of carbonyl (C=O) groups is 1. The summed E-state index contributed by atoms with van der Waals surface area (Å²) in [5, 5.41) is 0. The van der Waals surface area contributed by atoms with Gasteiger partial charge in [0.05, 0.1) is 0 Å². The first-order valence-corrected chi connectivity index (χ1v) is 5.83. The zero-order chi connectivity index (χ0) is 13.3. The van der Waals surface area contributed by atoms with E-state index in [9.17, 15) is 13.6 Å². The topological polar surface area (TPSA) is 58.4 Å². The van der Waals surface area contributed by atoms with E-state index < -0.39 is 12.0 Å². The van der Waals surface area contributed by atoms with Gasteiger partial charge >= 0.3 is 12.0 Å². The van der Waals surface area contributed by atoms with Crippen LogP contribution in [0.5, 0.6) is 0 Å². The molecule has 0 aromatic carbocycles. The standard InChI is InChI=1S/C11H21F2N3O/c1-10(2,3)8-4-6-16(7-5-8)11(12,13)9(17)15-14/h8H,4-7,14H2,1-3H3,(H,15,17). The Morgan fingerprint density at radius 3 is 2.12 bits per heavy atom. The second-order valence-corrected chi connectivity index (χ2v) is 5.64. The van der Waals surface area contributed by atoms with Crippen LogP contribution in [0.2, 0.25) is 0 Å². The van der Waals surface area contributed by atoms with Crippen LogP contribution >= 0.6 is 0 Å². The normalized spacial score (nSPS) is 20.4. The quantitative estimate of drug-likeness (QED) is 0.336. The molecule has 17 heavy (non-hydrogen) atoms. The fraction of sp³-hybridized carbons (Fsp3) is 0.909. The maximum Gasteiger partial charge on any atom is 0.384 e. The number of hydrazine groups is 1. The summed E-state index contributed by atoms with van der Waals surface area (Å²) in [6, 6.07) is -3.50. The Balaban J connectivity index is 2.61. The van der Waals surface area contributed by atoms with Gasteiger partial charge in [-0.05, 0) is 24.2 Å². The monoisotopic (exact) mass is 249 g/mol. The number of rotatable bonds is 2. The van der Waals surface area contributed by atoms with E-state index in [1.807, 2.05) is 0 Å². The number of hydrogen-bond acceptors (Lipinski definition) is 3. The molecule has 1 aliphatic heterocycles. The molecule has 0 aromatic rings. The van der Waals surface area contributed by atoms with Gasteiger partial charge in [-0.25, -0.2) is 10.7 Å². The smallest absolute Gasteiger partial charge is 0.288 e. The van der Waals surface area contributed by atoms with E-state index in [2.05, 4.69) is 20.8 Å². The van der Waals surface area contributed by atoms with Crippen LogP contribution in [0.1, 0.15) is 33.6 Å². The molecule has 6 heteroatoms. The minimum Gasteiger partial charge on any atom is -0.288 e. The lowest BCUT2D eigenvalue weighted by atomic mass is 9.75. The lowest BCUT2D eigenvalue weighted by molar-refractivity contribution is -0.184. The Bertz CT molecular complexity index is 281. The van der Waals surface area contributed by atoms with Gasteiger partial charge in [0, 0.05) is 13.1 Å². The second kappa shape index (κ2) is 4.86. The van der Waals surface area contributed by atoms with Crippen LogP contribution in [-0.4, -0.2) is 29.9 Å². The number of nitrogens with zero attached hydrogens (tertiary/aromatic N) is 1. The first-order chi connectivity index (χ1) is 7.69. The van der Waals surface area contributed by atoms with Gasteiger partial charge in [-0.2, -0.15) is 8.78 Å². The van der Waals surface area contributed by atoms with Crippen molar-refractivity contribution >= 4 is 5.91 Å². The van der Waals surface area contributed by atoms with Crippen LogP contribution in [0.3, 0.4) is 0 Å². The third-order valence-corrected chi connectivity index (χ3v) is 3.52. The summed E-state index contributed by atoms with van der Waals surface area (Å²) < 4.78 is 27.1. The summed E-state index contributed by atoms with van der Waals surface area (Å²) in [6.07, 6.45) is 1.36. The largest absolute Gasteiger partial charge is 0.384 e. The van der Waals surface area contributed by atoms with Crippen molar-refractivity contribution in [3.05, 3.63) is 0 Å². The summed E-state index contributed by atoms with van der Waals surface area (Å²) in [5.41, 5.74) is 1.64. The SMILES string of the molecule is CC(C)(C)C1CCN(C(F)(F)C(=O)NN)CC1. The molecule has 0 aromatic heterocycles. The summed E-state index contributed by atoms with van der Waals surface area (Å²) >= 11 is 0. The van der Waals surface area contributed by atoms with E-state index in [4.69, 9.17) is 5.84 Å². The molecule has 0 unspecified atom stereocenters. The molecule has 1 fully saturated rings. The van der Waals surface area contributed by atoms with E-state index in [0.717, 1.165) is 4.90 Å². The van der Waals surface area contributed by atoms with Crippen molar-refractivity contribution in [3.8, 4) is 0 Å². The van der Waals surface area contributed by atoms with Crippen molar-refractivity contribution in [3.63, 3.8) is 0 Å². The van der Waals surface area contributed by atoms with E-state index in [0.29, 0.717) is 18.8 Å². The lowest BCUT2D eigenvalue weighted by Gasteiger charge is -2.40. The molecule has 1 aliphatic rings. The van der Waals surface area contributed by atoms with Crippen LogP contribution in [-0.2, 0) is 4.79 Å². The molecular weight excluding hydrogens is 228 g/mol. The van der Waals surface area contributed by atoms with Gasteiger partial charge in [0.15, 0.2) is 0 Å². The van der Waals surface area contributed by atoms with Gasteiger partial charge in [-0.3, -0.25) is 10.2 Å². The highest BCUT2D eigenvalue weighted by atomic mass is 19.3. The number of alkyl halides is 2. The maximum atomic E-state index is 13.6. The molecule has 1 rings (SSSR count). The molecule has 0 saturated carbocycles. The molecule has 0 aliphatic carbocycles.